The van der Waals surface area contributed by atoms with Crippen LogP contribution in [0.3, 0.4) is 0 Å². The van der Waals surface area contributed by atoms with Gasteiger partial charge in [-0.1, -0.05) is 6.07 Å². The first-order valence-electron chi connectivity index (χ1n) is 6.53. The Morgan fingerprint density at radius 1 is 1.22 bits per heavy atom. The lowest BCUT2D eigenvalue weighted by atomic mass is 9.98. The van der Waals surface area contributed by atoms with Crippen LogP contribution in [-0.2, 0) is 6.54 Å². The van der Waals surface area contributed by atoms with Gasteiger partial charge >= 0.3 is 0 Å². The van der Waals surface area contributed by atoms with Crippen molar-refractivity contribution >= 4 is 0 Å². The lowest BCUT2D eigenvalue weighted by molar-refractivity contribution is 0.323. The Kier molecular flexibility index (Phi) is 5.63. The van der Waals surface area contributed by atoms with Gasteiger partial charge < -0.3 is 15.4 Å². The predicted molar refractivity (Wildman–Crippen MR) is 77.2 cm³/mol. The van der Waals surface area contributed by atoms with Crippen LogP contribution in [0.25, 0.3) is 0 Å². The summed E-state index contributed by atoms with van der Waals surface area (Å²) >= 11 is 0. The zero-order valence-electron chi connectivity index (χ0n) is 12.3. The van der Waals surface area contributed by atoms with Crippen molar-refractivity contribution in [2.24, 2.45) is 5.73 Å². The first kappa shape index (κ1) is 15.0. The van der Waals surface area contributed by atoms with Gasteiger partial charge in [-0.15, -0.1) is 0 Å². The number of rotatable bonds is 6. The van der Waals surface area contributed by atoms with Crippen LogP contribution in [0.2, 0.25) is 0 Å². The van der Waals surface area contributed by atoms with Gasteiger partial charge in [-0.2, -0.15) is 0 Å². The van der Waals surface area contributed by atoms with Gasteiger partial charge in [-0.05, 0) is 69.6 Å². The van der Waals surface area contributed by atoms with Crippen LogP contribution in [0.15, 0.2) is 6.07 Å². The Morgan fingerprint density at radius 3 is 2.44 bits per heavy atom. The Morgan fingerprint density at radius 2 is 1.89 bits per heavy atom. The van der Waals surface area contributed by atoms with E-state index in [0.29, 0.717) is 0 Å². The number of benzene rings is 1. The molecule has 1 aromatic rings. The average molecular weight is 250 g/mol. The molecule has 0 saturated carbocycles. The third-order valence-electron chi connectivity index (χ3n) is 3.52. The number of nitrogens with zero attached hydrogens (tertiary/aromatic N) is 1. The predicted octanol–water partition coefficient (Wildman–Crippen LogP) is 2.40. The zero-order chi connectivity index (χ0) is 13.7. The third kappa shape index (κ3) is 3.47. The average Bonchev–Trinajstić information content (AvgIpc) is 2.33. The number of aryl methyl sites for hydroxylation is 1. The molecule has 0 saturated heterocycles. The molecule has 0 aliphatic rings. The summed E-state index contributed by atoms with van der Waals surface area (Å²) in [7, 11) is 3.88. The fourth-order valence-corrected chi connectivity index (χ4v) is 2.35. The maximum absolute atomic E-state index is 5.54. The van der Waals surface area contributed by atoms with Gasteiger partial charge in [0.2, 0.25) is 0 Å². The molecule has 2 N–H and O–H groups in total. The summed E-state index contributed by atoms with van der Waals surface area (Å²) in [6.07, 6.45) is 1.05. The molecular formula is C15H26N2O. The second-order valence-corrected chi connectivity index (χ2v) is 5.02. The molecule has 102 valence electrons. The van der Waals surface area contributed by atoms with E-state index in [2.05, 4.69) is 38.8 Å². The number of hydrogen-bond acceptors (Lipinski definition) is 3. The minimum Gasteiger partial charge on any atom is -0.496 e. The third-order valence-corrected chi connectivity index (χ3v) is 3.52. The van der Waals surface area contributed by atoms with Crippen LogP contribution < -0.4 is 10.5 Å². The van der Waals surface area contributed by atoms with Gasteiger partial charge in [-0.3, -0.25) is 0 Å². The standard InChI is InChI=1S/C15H26N2O/c1-11-9-14(10-17(4)8-6-7-16)12(2)13(3)15(11)18-5/h9H,6-8,10,16H2,1-5H3. The fraction of sp³-hybridized carbons (Fsp3) is 0.600. The Bertz CT molecular complexity index is 402. The highest BCUT2D eigenvalue weighted by molar-refractivity contribution is 5.48. The summed E-state index contributed by atoms with van der Waals surface area (Å²) in [4.78, 5) is 2.32. The van der Waals surface area contributed by atoms with Crippen LogP contribution in [0.1, 0.15) is 28.7 Å². The van der Waals surface area contributed by atoms with Crippen molar-refractivity contribution in [3.8, 4) is 5.75 Å². The highest BCUT2D eigenvalue weighted by atomic mass is 16.5. The second kappa shape index (κ2) is 6.76. The first-order valence-corrected chi connectivity index (χ1v) is 6.53. The minimum atomic E-state index is 0.754. The molecule has 3 nitrogen and oxygen atoms in total. The second-order valence-electron chi connectivity index (χ2n) is 5.02. The van der Waals surface area contributed by atoms with Gasteiger partial charge in [0.15, 0.2) is 0 Å². The monoisotopic (exact) mass is 250 g/mol. The molecule has 18 heavy (non-hydrogen) atoms. The van der Waals surface area contributed by atoms with E-state index in [4.69, 9.17) is 10.5 Å². The molecule has 0 heterocycles. The van der Waals surface area contributed by atoms with Gasteiger partial charge in [0.05, 0.1) is 7.11 Å². The smallest absolute Gasteiger partial charge is 0.124 e. The summed E-state index contributed by atoms with van der Waals surface area (Å²) in [6.45, 7) is 9.17. The molecule has 3 heteroatoms. The van der Waals surface area contributed by atoms with Crippen molar-refractivity contribution in [2.75, 3.05) is 27.2 Å². The molecule has 0 aromatic heterocycles. The Balaban J connectivity index is 2.90. The van der Waals surface area contributed by atoms with E-state index < -0.39 is 0 Å². The zero-order valence-corrected chi connectivity index (χ0v) is 12.3. The SMILES string of the molecule is COc1c(C)cc(CN(C)CCCN)c(C)c1C. The molecular weight excluding hydrogens is 224 g/mol. The summed E-state index contributed by atoms with van der Waals surface area (Å²) in [5.74, 6) is 1.01. The van der Waals surface area contributed by atoms with Crippen LogP contribution in [-0.4, -0.2) is 32.1 Å². The van der Waals surface area contributed by atoms with E-state index >= 15 is 0 Å². The first-order chi connectivity index (χ1) is 8.51. The number of nitrogens with two attached hydrogens (primary N) is 1. The molecule has 0 atom stereocenters. The van der Waals surface area contributed by atoms with Crippen LogP contribution in [0.5, 0.6) is 5.75 Å². The van der Waals surface area contributed by atoms with Gasteiger partial charge in [0.1, 0.15) is 5.75 Å². The number of hydrogen-bond donors (Lipinski definition) is 1. The van der Waals surface area contributed by atoms with E-state index in [1.165, 1.54) is 22.3 Å². The van der Waals surface area contributed by atoms with Gasteiger partial charge in [0.25, 0.3) is 0 Å². The summed E-state index contributed by atoms with van der Waals surface area (Å²) in [5, 5.41) is 0. The lowest BCUT2D eigenvalue weighted by Gasteiger charge is -2.20. The molecule has 1 rings (SSSR count). The van der Waals surface area contributed by atoms with E-state index in [-0.39, 0.29) is 0 Å². The molecule has 1 aromatic carbocycles. The van der Waals surface area contributed by atoms with Crippen molar-refractivity contribution < 1.29 is 4.74 Å². The fourth-order valence-electron chi connectivity index (χ4n) is 2.35. The van der Waals surface area contributed by atoms with Crippen molar-refractivity contribution in [2.45, 2.75) is 33.7 Å². The normalized spacial score (nSPS) is 11.1. The summed E-state index contributed by atoms with van der Waals surface area (Å²) in [6, 6.07) is 2.24. The van der Waals surface area contributed by atoms with E-state index in [1.807, 2.05) is 0 Å². The quantitative estimate of drug-likeness (QED) is 0.842. The Hall–Kier alpha value is -1.06. The summed E-state index contributed by atoms with van der Waals surface area (Å²) in [5.41, 5.74) is 10.7. The molecule has 0 spiro atoms. The number of ether oxygens (including phenoxy) is 1. The van der Waals surface area contributed by atoms with Crippen molar-refractivity contribution in [1.82, 2.24) is 4.90 Å². The van der Waals surface area contributed by atoms with E-state index in [9.17, 15) is 0 Å². The number of methoxy groups -OCH3 is 1. The minimum absolute atomic E-state index is 0.754. The molecule has 0 radical (unpaired) electrons. The van der Waals surface area contributed by atoms with Crippen LogP contribution in [0, 0.1) is 20.8 Å². The molecule has 0 bridgehead atoms. The maximum Gasteiger partial charge on any atom is 0.124 e. The highest BCUT2D eigenvalue weighted by Gasteiger charge is 2.11. The van der Waals surface area contributed by atoms with Crippen molar-refractivity contribution in [1.29, 1.82) is 0 Å². The van der Waals surface area contributed by atoms with E-state index in [1.54, 1.807) is 7.11 Å². The van der Waals surface area contributed by atoms with Gasteiger partial charge in [-0.25, -0.2) is 0 Å². The van der Waals surface area contributed by atoms with Crippen molar-refractivity contribution in [3.05, 3.63) is 28.3 Å². The van der Waals surface area contributed by atoms with Crippen molar-refractivity contribution in [3.63, 3.8) is 0 Å². The maximum atomic E-state index is 5.54. The molecule has 0 aliphatic carbocycles. The topological polar surface area (TPSA) is 38.5 Å². The molecule has 0 unspecified atom stereocenters. The van der Waals surface area contributed by atoms with E-state index in [0.717, 1.165) is 31.8 Å². The largest absolute Gasteiger partial charge is 0.496 e. The summed E-state index contributed by atoms with van der Waals surface area (Å²) < 4.78 is 5.45. The molecule has 0 fully saturated rings. The van der Waals surface area contributed by atoms with Crippen LogP contribution in [0.4, 0.5) is 0 Å². The molecule has 0 amide bonds. The Labute approximate surface area is 111 Å². The highest BCUT2D eigenvalue weighted by Crippen LogP contribution is 2.28. The van der Waals surface area contributed by atoms with Crippen LogP contribution >= 0.6 is 0 Å². The lowest BCUT2D eigenvalue weighted by Crippen LogP contribution is -2.22. The molecule has 0 aliphatic heterocycles. The van der Waals surface area contributed by atoms with Gasteiger partial charge in [0, 0.05) is 6.54 Å².